The Labute approximate surface area is 155 Å². The molecule has 0 atom stereocenters. The number of halogens is 1. The third-order valence-corrected chi connectivity index (χ3v) is 5.66. The molecule has 130 valence electrons. The van der Waals surface area contributed by atoms with Crippen LogP contribution in [-0.2, 0) is 6.54 Å². The summed E-state index contributed by atoms with van der Waals surface area (Å²) in [6.07, 6.45) is 2.44. The van der Waals surface area contributed by atoms with Gasteiger partial charge in [0.2, 0.25) is 0 Å². The topological polar surface area (TPSA) is 15.3 Å². The fourth-order valence-corrected chi connectivity index (χ4v) is 3.88. The molecule has 2 aromatic rings. The Balaban J connectivity index is 1.93. The molecule has 0 aromatic heterocycles. The van der Waals surface area contributed by atoms with Gasteiger partial charge in [0, 0.05) is 16.3 Å². The van der Waals surface area contributed by atoms with Crippen molar-refractivity contribution in [3.05, 3.63) is 58.6 Å². The van der Waals surface area contributed by atoms with Crippen molar-refractivity contribution in [2.75, 3.05) is 27.2 Å². The van der Waals surface area contributed by atoms with Gasteiger partial charge >= 0.3 is 0 Å². The predicted molar refractivity (Wildman–Crippen MR) is 106 cm³/mol. The van der Waals surface area contributed by atoms with Crippen LogP contribution in [0.3, 0.4) is 0 Å². The van der Waals surface area contributed by atoms with Crippen LogP contribution in [0.15, 0.2) is 52.3 Å². The van der Waals surface area contributed by atoms with Crippen LogP contribution in [0.1, 0.15) is 24.0 Å². The van der Waals surface area contributed by atoms with Crippen molar-refractivity contribution >= 4 is 23.4 Å². The van der Waals surface area contributed by atoms with Crippen LogP contribution in [0.4, 0.5) is 0 Å². The number of unbranched alkanes of at least 4 members (excludes halogenated alkanes) is 1. The van der Waals surface area contributed by atoms with E-state index < -0.39 is 0 Å². The lowest BCUT2D eigenvalue weighted by molar-refractivity contribution is 0.391. The first-order chi connectivity index (χ1) is 11.6. The van der Waals surface area contributed by atoms with Crippen LogP contribution in [0.25, 0.3) is 0 Å². The van der Waals surface area contributed by atoms with Gasteiger partial charge < -0.3 is 10.2 Å². The molecule has 0 unspecified atom stereocenters. The summed E-state index contributed by atoms with van der Waals surface area (Å²) in [7, 11) is 4.25. The number of benzene rings is 2. The summed E-state index contributed by atoms with van der Waals surface area (Å²) in [5, 5.41) is 4.39. The molecule has 0 saturated carbocycles. The Morgan fingerprint density at radius 1 is 1.04 bits per heavy atom. The minimum absolute atomic E-state index is 0.825. The molecule has 0 aliphatic heterocycles. The Bertz CT molecular complexity index is 623. The Hall–Kier alpha value is -1.00. The van der Waals surface area contributed by atoms with E-state index >= 15 is 0 Å². The van der Waals surface area contributed by atoms with Crippen molar-refractivity contribution in [2.45, 2.75) is 36.1 Å². The maximum Gasteiger partial charge on any atom is 0.0548 e. The first-order valence-corrected chi connectivity index (χ1v) is 9.63. The minimum atomic E-state index is 0.825. The average molecular weight is 363 g/mol. The highest BCUT2D eigenvalue weighted by molar-refractivity contribution is 7.99. The van der Waals surface area contributed by atoms with Crippen LogP contribution in [0, 0.1) is 6.92 Å². The molecule has 0 heterocycles. The third kappa shape index (κ3) is 6.14. The van der Waals surface area contributed by atoms with Crippen molar-refractivity contribution in [3.63, 3.8) is 0 Å². The standard InChI is InChI=1S/C20H27ClN2S/c1-16-9-8-11-18(21)20(16)24-19-12-5-4-10-17(19)15-22-13-6-7-14-23(2)3/h4-5,8-12,22H,6-7,13-15H2,1-3H3. The van der Waals surface area contributed by atoms with E-state index in [1.165, 1.54) is 28.9 Å². The summed E-state index contributed by atoms with van der Waals surface area (Å²) in [6.45, 7) is 5.21. The summed E-state index contributed by atoms with van der Waals surface area (Å²) in [4.78, 5) is 4.66. The van der Waals surface area contributed by atoms with Crippen LogP contribution >= 0.6 is 23.4 Å². The second kappa shape index (κ2) is 10.1. The zero-order valence-electron chi connectivity index (χ0n) is 14.8. The summed E-state index contributed by atoms with van der Waals surface area (Å²) in [5.74, 6) is 0. The SMILES string of the molecule is Cc1cccc(Cl)c1Sc1ccccc1CNCCCCN(C)C. The van der Waals surface area contributed by atoms with Gasteiger partial charge in [0.1, 0.15) is 0 Å². The van der Waals surface area contributed by atoms with E-state index in [4.69, 9.17) is 11.6 Å². The molecular weight excluding hydrogens is 336 g/mol. The lowest BCUT2D eigenvalue weighted by Crippen LogP contribution is -2.18. The van der Waals surface area contributed by atoms with Crippen molar-refractivity contribution in [3.8, 4) is 0 Å². The Morgan fingerprint density at radius 2 is 1.83 bits per heavy atom. The smallest absolute Gasteiger partial charge is 0.0548 e. The molecule has 0 aliphatic carbocycles. The summed E-state index contributed by atoms with van der Waals surface area (Å²) < 4.78 is 0. The van der Waals surface area contributed by atoms with E-state index in [1.807, 2.05) is 12.1 Å². The van der Waals surface area contributed by atoms with Gasteiger partial charge in [0.15, 0.2) is 0 Å². The molecule has 0 aliphatic rings. The number of rotatable bonds is 9. The Kier molecular flexibility index (Phi) is 8.13. The van der Waals surface area contributed by atoms with Crippen molar-refractivity contribution in [1.82, 2.24) is 10.2 Å². The van der Waals surface area contributed by atoms with Crippen molar-refractivity contribution in [1.29, 1.82) is 0 Å². The summed E-state index contributed by atoms with van der Waals surface area (Å²) in [5.41, 5.74) is 2.55. The largest absolute Gasteiger partial charge is 0.313 e. The van der Waals surface area contributed by atoms with Crippen LogP contribution in [0.5, 0.6) is 0 Å². The molecule has 0 saturated heterocycles. The zero-order chi connectivity index (χ0) is 17.4. The van der Waals surface area contributed by atoms with Gasteiger partial charge in [-0.3, -0.25) is 0 Å². The minimum Gasteiger partial charge on any atom is -0.313 e. The fourth-order valence-electron chi connectivity index (χ4n) is 2.51. The molecule has 0 spiro atoms. The van der Waals surface area contributed by atoms with E-state index in [9.17, 15) is 0 Å². The maximum atomic E-state index is 6.38. The molecule has 2 aromatic carbocycles. The molecular formula is C20H27ClN2S. The van der Waals surface area contributed by atoms with Crippen LogP contribution in [0.2, 0.25) is 5.02 Å². The summed E-state index contributed by atoms with van der Waals surface area (Å²) >= 11 is 8.14. The molecule has 4 heteroatoms. The van der Waals surface area contributed by atoms with E-state index in [1.54, 1.807) is 11.8 Å². The van der Waals surface area contributed by atoms with Gasteiger partial charge in [-0.05, 0) is 70.2 Å². The maximum absolute atomic E-state index is 6.38. The van der Waals surface area contributed by atoms with Gasteiger partial charge in [0.25, 0.3) is 0 Å². The molecule has 2 rings (SSSR count). The highest BCUT2D eigenvalue weighted by Gasteiger charge is 2.09. The van der Waals surface area contributed by atoms with Gasteiger partial charge in [-0.25, -0.2) is 0 Å². The summed E-state index contributed by atoms with van der Waals surface area (Å²) in [6, 6.07) is 14.6. The monoisotopic (exact) mass is 362 g/mol. The first kappa shape index (κ1) is 19.3. The van der Waals surface area contributed by atoms with Crippen LogP contribution in [-0.4, -0.2) is 32.1 Å². The van der Waals surface area contributed by atoms with E-state index in [0.29, 0.717) is 0 Å². The molecule has 0 bridgehead atoms. The average Bonchev–Trinajstić information content (AvgIpc) is 2.55. The van der Waals surface area contributed by atoms with Gasteiger partial charge in [-0.2, -0.15) is 0 Å². The van der Waals surface area contributed by atoms with Crippen LogP contribution < -0.4 is 5.32 Å². The van der Waals surface area contributed by atoms with Gasteiger partial charge in [0.05, 0.1) is 5.02 Å². The number of hydrogen-bond donors (Lipinski definition) is 1. The highest BCUT2D eigenvalue weighted by atomic mass is 35.5. The van der Waals surface area contributed by atoms with E-state index in [-0.39, 0.29) is 0 Å². The highest BCUT2D eigenvalue weighted by Crippen LogP contribution is 2.37. The quantitative estimate of drug-likeness (QED) is 0.615. The van der Waals surface area contributed by atoms with E-state index in [0.717, 1.165) is 29.6 Å². The third-order valence-electron chi connectivity index (χ3n) is 3.87. The molecule has 1 N–H and O–H groups in total. The zero-order valence-corrected chi connectivity index (χ0v) is 16.4. The van der Waals surface area contributed by atoms with Crippen molar-refractivity contribution in [2.24, 2.45) is 0 Å². The normalized spacial score (nSPS) is 11.2. The number of nitrogens with one attached hydrogen (secondary N) is 1. The molecule has 0 amide bonds. The molecule has 24 heavy (non-hydrogen) atoms. The van der Waals surface area contributed by atoms with Gasteiger partial charge in [-0.15, -0.1) is 0 Å². The molecule has 0 radical (unpaired) electrons. The lowest BCUT2D eigenvalue weighted by Gasteiger charge is -2.13. The van der Waals surface area contributed by atoms with E-state index in [2.05, 4.69) is 61.6 Å². The second-order valence-corrected chi connectivity index (χ2v) is 7.74. The lowest BCUT2D eigenvalue weighted by atomic mass is 10.2. The number of aryl methyl sites for hydroxylation is 1. The number of hydrogen-bond acceptors (Lipinski definition) is 3. The van der Waals surface area contributed by atoms with Crippen molar-refractivity contribution < 1.29 is 0 Å². The second-order valence-electron chi connectivity index (χ2n) is 6.28. The predicted octanol–water partition coefficient (Wildman–Crippen LogP) is 5.23. The molecule has 2 nitrogen and oxygen atoms in total. The molecule has 0 fully saturated rings. The Morgan fingerprint density at radius 3 is 2.58 bits per heavy atom. The van der Waals surface area contributed by atoms with Gasteiger partial charge in [-0.1, -0.05) is 53.7 Å². The number of nitrogens with zero attached hydrogens (tertiary/aromatic N) is 1. The fraction of sp³-hybridized carbons (Fsp3) is 0.400. The first-order valence-electron chi connectivity index (χ1n) is 8.44.